The third-order valence-electron chi connectivity index (χ3n) is 3.27. The molecule has 0 saturated carbocycles. The summed E-state index contributed by atoms with van der Waals surface area (Å²) in [6.45, 7) is 1.73. The largest absolute Gasteiger partial charge is 0.352 e. The Balaban J connectivity index is 1.94. The van der Waals surface area contributed by atoms with Gasteiger partial charge in [0.1, 0.15) is 0 Å². The second-order valence-electron chi connectivity index (χ2n) is 5.34. The third kappa shape index (κ3) is 4.44. The molecule has 1 N–H and O–H groups in total. The van der Waals surface area contributed by atoms with E-state index in [4.69, 9.17) is 0 Å². The molecular formula is C16H21N3OS. The van der Waals surface area contributed by atoms with Gasteiger partial charge in [-0.1, -0.05) is 12.1 Å². The monoisotopic (exact) mass is 303 g/mol. The van der Waals surface area contributed by atoms with E-state index in [0.29, 0.717) is 12.1 Å². The summed E-state index contributed by atoms with van der Waals surface area (Å²) in [6, 6.07) is 7.60. The van der Waals surface area contributed by atoms with Crippen molar-refractivity contribution in [2.24, 2.45) is 0 Å². The summed E-state index contributed by atoms with van der Waals surface area (Å²) in [5.41, 5.74) is 1.41. The Hall–Kier alpha value is -1.59. The predicted molar refractivity (Wildman–Crippen MR) is 89.1 cm³/mol. The number of unbranched alkanes of at least 4 members (excludes halogenated alkanes) is 1. The molecule has 1 aromatic carbocycles. The van der Waals surface area contributed by atoms with E-state index in [1.54, 1.807) is 6.20 Å². The number of benzene rings is 1. The van der Waals surface area contributed by atoms with Gasteiger partial charge in [0.15, 0.2) is 0 Å². The van der Waals surface area contributed by atoms with Gasteiger partial charge in [-0.3, -0.25) is 9.78 Å². The molecule has 21 heavy (non-hydrogen) atoms. The second-order valence-corrected chi connectivity index (χ2v) is 5.82. The van der Waals surface area contributed by atoms with Crippen LogP contribution in [0.5, 0.6) is 0 Å². The van der Waals surface area contributed by atoms with E-state index >= 15 is 0 Å². The first kappa shape index (κ1) is 15.8. The lowest BCUT2D eigenvalue weighted by Gasteiger charge is -2.09. The van der Waals surface area contributed by atoms with E-state index in [2.05, 4.69) is 41.9 Å². The fourth-order valence-corrected chi connectivity index (χ4v) is 2.40. The molecule has 0 aliphatic heterocycles. The maximum Gasteiger partial charge on any atom is 0.252 e. The van der Waals surface area contributed by atoms with Gasteiger partial charge < -0.3 is 10.2 Å². The lowest BCUT2D eigenvalue weighted by atomic mass is 10.1. The third-order valence-corrected chi connectivity index (χ3v) is 3.63. The first-order valence-corrected chi connectivity index (χ1v) is 7.53. The molecular weight excluding hydrogens is 282 g/mol. The zero-order valence-electron chi connectivity index (χ0n) is 12.5. The summed E-state index contributed by atoms with van der Waals surface area (Å²) in [6.07, 6.45) is 3.66. The van der Waals surface area contributed by atoms with Crippen molar-refractivity contribution in [1.82, 2.24) is 15.2 Å². The highest BCUT2D eigenvalue weighted by Gasteiger charge is 2.07. The van der Waals surface area contributed by atoms with Crippen LogP contribution in [0.15, 0.2) is 35.4 Å². The first-order valence-electron chi connectivity index (χ1n) is 7.08. The summed E-state index contributed by atoms with van der Waals surface area (Å²) in [5, 5.41) is 3.87. The lowest BCUT2D eigenvalue weighted by Crippen LogP contribution is -2.25. The number of hydrogen-bond acceptors (Lipinski definition) is 4. The van der Waals surface area contributed by atoms with Gasteiger partial charge in [-0.2, -0.15) is 0 Å². The van der Waals surface area contributed by atoms with Crippen LogP contribution in [0, 0.1) is 0 Å². The Bertz CT molecular complexity index is 628. The number of fused-ring (bicyclic) bond motifs is 1. The molecule has 1 aromatic heterocycles. The van der Waals surface area contributed by atoms with Crippen LogP contribution in [-0.4, -0.2) is 43.0 Å². The highest BCUT2D eigenvalue weighted by Crippen LogP contribution is 2.20. The summed E-state index contributed by atoms with van der Waals surface area (Å²) in [5.74, 6) is -0.0705. The van der Waals surface area contributed by atoms with Gasteiger partial charge in [0.2, 0.25) is 0 Å². The standard InChI is InChI=1S/C16H21N3OS/c1-19(2)9-4-3-8-17-16(20)13-10-12-6-5-7-14(21)15(12)18-11-13/h5-7,10-11,21H,3-4,8-9H2,1-2H3,(H,17,20). The van der Waals surface area contributed by atoms with Crippen molar-refractivity contribution in [1.29, 1.82) is 0 Å². The normalized spacial score (nSPS) is 11.0. The molecule has 1 heterocycles. The number of rotatable bonds is 6. The molecule has 0 aliphatic carbocycles. The molecule has 5 heteroatoms. The molecule has 4 nitrogen and oxygen atoms in total. The van der Waals surface area contributed by atoms with Gasteiger partial charge >= 0.3 is 0 Å². The van der Waals surface area contributed by atoms with Crippen molar-refractivity contribution in [3.8, 4) is 0 Å². The molecule has 0 atom stereocenters. The Labute approximate surface area is 131 Å². The Morgan fingerprint density at radius 1 is 1.33 bits per heavy atom. The summed E-state index contributed by atoms with van der Waals surface area (Å²) < 4.78 is 0. The number of nitrogens with one attached hydrogen (secondary N) is 1. The molecule has 112 valence electrons. The Morgan fingerprint density at radius 3 is 2.90 bits per heavy atom. The molecule has 2 rings (SSSR count). The van der Waals surface area contributed by atoms with Crippen LogP contribution in [0.2, 0.25) is 0 Å². The highest BCUT2D eigenvalue weighted by molar-refractivity contribution is 7.80. The van der Waals surface area contributed by atoms with Crippen LogP contribution >= 0.6 is 12.6 Å². The van der Waals surface area contributed by atoms with Crippen molar-refractivity contribution >= 4 is 29.4 Å². The van der Waals surface area contributed by atoms with Crippen LogP contribution in [0.4, 0.5) is 0 Å². The zero-order valence-corrected chi connectivity index (χ0v) is 13.4. The average molecular weight is 303 g/mol. The van der Waals surface area contributed by atoms with Gasteiger partial charge in [-0.15, -0.1) is 12.6 Å². The molecule has 0 fully saturated rings. The number of nitrogens with zero attached hydrogens (tertiary/aromatic N) is 2. The first-order chi connectivity index (χ1) is 10.1. The number of carbonyl (C=O) groups excluding carboxylic acids is 1. The maximum absolute atomic E-state index is 12.1. The molecule has 0 spiro atoms. The van der Waals surface area contributed by atoms with Crippen molar-refractivity contribution in [2.75, 3.05) is 27.2 Å². The van der Waals surface area contributed by atoms with E-state index in [9.17, 15) is 4.79 Å². The van der Waals surface area contributed by atoms with E-state index in [1.165, 1.54) is 0 Å². The van der Waals surface area contributed by atoms with E-state index < -0.39 is 0 Å². The number of thiol groups is 1. The fraction of sp³-hybridized carbons (Fsp3) is 0.375. The van der Waals surface area contributed by atoms with Crippen LogP contribution in [-0.2, 0) is 0 Å². The Kier molecular flexibility index (Phi) is 5.59. The quantitative estimate of drug-likeness (QED) is 0.637. The van der Waals surface area contributed by atoms with Crippen molar-refractivity contribution in [3.63, 3.8) is 0 Å². The average Bonchev–Trinajstić information content (AvgIpc) is 2.46. The molecule has 0 radical (unpaired) electrons. The topological polar surface area (TPSA) is 45.2 Å². The van der Waals surface area contributed by atoms with Crippen molar-refractivity contribution in [3.05, 3.63) is 36.0 Å². The zero-order chi connectivity index (χ0) is 15.2. The summed E-state index contributed by atoms with van der Waals surface area (Å²) in [7, 11) is 4.10. The van der Waals surface area contributed by atoms with Crippen LogP contribution < -0.4 is 5.32 Å². The van der Waals surface area contributed by atoms with Crippen LogP contribution in [0.25, 0.3) is 10.9 Å². The summed E-state index contributed by atoms with van der Waals surface area (Å²) in [4.78, 5) is 19.4. The second kappa shape index (κ2) is 7.43. The number of hydrogen-bond donors (Lipinski definition) is 2. The van der Waals surface area contributed by atoms with Gasteiger partial charge in [0, 0.05) is 23.0 Å². The number of carbonyl (C=O) groups is 1. The SMILES string of the molecule is CN(C)CCCCNC(=O)c1cnc2c(S)cccc2c1. The molecule has 0 unspecified atom stereocenters. The minimum Gasteiger partial charge on any atom is -0.352 e. The summed E-state index contributed by atoms with van der Waals surface area (Å²) >= 11 is 4.37. The molecule has 1 amide bonds. The fourth-order valence-electron chi connectivity index (χ4n) is 2.13. The minimum atomic E-state index is -0.0705. The predicted octanol–water partition coefficient (Wildman–Crippen LogP) is 2.60. The molecule has 0 saturated heterocycles. The maximum atomic E-state index is 12.1. The van der Waals surface area contributed by atoms with Gasteiger partial charge in [0.05, 0.1) is 11.1 Å². The van der Waals surface area contributed by atoms with Crippen LogP contribution in [0.1, 0.15) is 23.2 Å². The number of amides is 1. The highest BCUT2D eigenvalue weighted by atomic mass is 32.1. The Morgan fingerprint density at radius 2 is 2.14 bits per heavy atom. The number of pyridine rings is 1. The lowest BCUT2D eigenvalue weighted by molar-refractivity contribution is 0.0952. The van der Waals surface area contributed by atoms with Crippen molar-refractivity contribution < 1.29 is 4.79 Å². The minimum absolute atomic E-state index is 0.0705. The van der Waals surface area contributed by atoms with Gasteiger partial charge in [0.25, 0.3) is 5.91 Å². The molecule has 0 bridgehead atoms. The molecule has 0 aliphatic rings. The van der Waals surface area contributed by atoms with E-state index in [-0.39, 0.29) is 5.91 Å². The smallest absolute Gasteiger partial charge is 0.252 e. The van der Waals surface area contributed by atoms with Crippen LogP contribution in [0.3, 0.4) is 0 Å². The van der Waals surface area contributed by atoms with Gasteiger partial charge in [-0.05, 0) is 45.6 Å². The van der Waals surface area contributed by atoms with E-state index in [1.807, 2.05) is 24.3 Å². The van der Waals surface area contributed by atoms with Crippen molar-refractivity contribution in [2.45, 2.75) is 17.7 Å². The molecule has 2 aromatic rings. The van der Waals surface area contributed by atoms with Gasteiger partial charge in [-0.25, -0.2) is 0 Å². The number of para-hydroxylation sites is 1. The number of aromatic nitrogens is 1. The van der Waals surface area contributed by atoms with E-state index in [0.717, 1.165) is 35.2 Å².